The molecule has 0 aliphatic carbocycles. The fraction of sp³-hybridized carbons (Fsp3) is 0.720. The van der Waals surface area contributed by atoms with Crippen molar-refractivity contribution in [1.82, 2.24) is 25.8 Å². The number of Topliss-reactive ketones (excluding diaryl/α,β-unsaturated/α-hetero) is 1. The molecule has 0 spiro atoms. The van der Waals surface area contributed by atoms with Crippen molar-refractivity contribution in [2.24, 2.45) is 11.8 Å². The molecule has 0 aromatic rings. The summed E-state index contributed by atoms with van der Waals surface area (Å²) in [6.45, 7) is 11.0. The van der Waals surface area contributed by atoms with E-state index in [9.17, 15) is 24.0 Å². The van der Waals surface area contributed by atoms with E-state index in [1.54, 1.807) is 0 Å². The summed E-state index contributed by atoms with van der Waals surface area (Å²) in [6, 6.07) is -1.10. The number of unbranched alkanes of at least 4 members (excludes halogenated alkanes) is 3. The van der Waals surface area contributed by atoms with Gasteiger partial charge in [-0.15, -0.1) is 0 Å². The normalized spacial score (nSPS) is 15.2. The molecule has 5 amide bonds. The lowest BCUT2D eigenvalue weighted by atomic mass is 9.97. The van der Waals surface area contributed by atoms with Gasteiger partial charge in [0.1, 0.15) is 0 Å². The van der Waals surface area contributed by atoms with Crippen LogP contribution in [-0.4, -0.2) is 84.6 Å². The number of ketones is 1. The van der Waals surface area contributed by atoms with E-state index in [0.717, 1.165) is 37.1 Å². The summed E-state index contributed by atoms with van der Waals surface area (Å²) in [5.41, 5.74) is 0. The van der Waals surface area contributed by atoms with Crippen LogP contribution in [0.3, 0.4) is 0 Å². The third-order valence-corrected chi connectivity index (χ3v) is 6.02. The maximum Gasteiger partial charge on any atom is 0.314 e. The third-order valence-electron chi connectivity index (χ3n) is 6.02. The lowest BCUT2D eigenvalue weighted by Gasteiger charge is -2.32. The minimum atomic E-state index is -0.468. The van der Waals surface area contributed by atoms with Crippen molar-refractivity contribution >= 4 is 29.5 Å². The number of amides is 5. The molecule has 0 aromatic carbocycles. The van der Waals surface area contributed by atoms with Crippen molar-refractivity contribution < 1.29 is 24.0 Å². The number of nitrogens with one attached hydrogen (secondary N) is 3. The second-order valence-corrected chi connectivity index (χ2v) is 9.77. The number of urea groups is 1. The Bertz CT molecular complexity index is 762. The second kappa shape index (κ2) is 15.3. The Labute approximate surface area is 209 Å². The van der Waals surface area contributed by atoms with Crippen LogP contribution in [0.15, 0.2) is 12.2 Å². The average Bonchev–Trinajstić information content (AvgIpc) is 3.08. The number of hydrogen-bond donors (Lipinski definition) is 3. The zero-order chi connectivity index (χ0) is 26.5. The molecule has 2 atom stereocenters. The molecule has 1 aliphatic rings. The van der Waals surface area contributed by atoms with Gasteiger partial charge in [0, 0.05) is 31.8 Å². The van der Waals surface area contributed by atoms with Gasteiger partial charge in [-0.25, -0.2) is 4.79 Å². The Balaban J connectivity index is 2.22. The van der Waals surface area contributed by atoms with Crippen molar-refractivity contribution in [2.75, 3.05) is 33.2 Å². The second-order valence-electron chi connectivity index (χ2n) is 9.77. The number of carbonyl (C=O) groups excluding carboxylic acids is 5. The maximum absolute atomic E-state index is 12.9. The quantitative estimate of drug-likeness (QED) is 0.221. The van der Waals surface area contributed by atoms with E-state index in [1.807, 2.05) is 34.7 Å². The zero-order valence-corrected chi connectivity index (χ0v) is 22.1. The van der Waals surface area contributed by atoms with Crippen LogP contribution in [0.1, 0.15) is 60.3 Å². The molecule has 0 radical (unpaired) electrons. The Kier molecular flexibility index (Phi) is 13.2. The van der Waals surface area contributed by atoms with Crippen LogP contribution in [0, 0.1) is 11.8 Å². The first-order valence-corrected chi connectivity index (χ1v) is 12.5. The van der Waals surface area contributed by atoms with E-state index in [4.69, 9.17) is 0 Å². The van der Waals surface area contributed by atoms with E-state index >= 15 is 0 Å². The molecule has 1 unspecified atom stereocenters. The number of nitrogens with zero attached hydrogens (tertiary/aromatic N) is 2. The molecule has 3 N–H and O–H groups in total. The highest BCUT2D eigenvalue weighted by Crippen LogP contribution is 2.13. The van der Waals surface area contributed by atoms with Crippen LogP contribution in [-0.2, 0) is 19.2 Å². The summed E-state index contributed by atoms with van der Waals surface area (Å²) in [7, 11) is 1.94. The highest BCUT2D eigenvalue weighted by molar-refractivity contribution is 6.12. The lowest BCUT2D eigenvalue weighted by molar-refractivity contribution is -0.136. The standard InChI is InChI=1S/C25H43N5O5/c1-17(2)22(19(5)31)28-24(34)23(18(3)4)29(6)15-10-8-7-9-13-26-25(35)27-14-16-30-20(32)11-12-21(30)33/h11-12,17-18,22-23H,7-10,13-16H2,1-6H3,(H,28,34)(H2,26,27,35)/t22-,23?/m0/s1. The first kappa shape index (κ1) is 30.3. The van der Waals surface area contributed by atoms with Gasteiger partial charge >= 0.3 is 6.03 Å². The van der Waals surface area contributed by atoms with Gasteiger partial charge in [0.05, 0.1) is 12.1 Å². The number of imide groups is 1. The fourth-order valence-corrected chi connectivity index (χ4v) is 4.16. The highest BCUT2D eigenvalue weighted by Gasteiger charge is 2.30. The summed E-state index contributed by atoms with van der Waals surface area (Å²) >= 11 is 0. The predicted octanol–water partition coefficient (Wildman–Crippen LogP) is 1.46. The summed E-state index contributed by atoms with van der Waals surface area (Å²) in [4.78, 5) is 62.6. The summed E-state index contributed by atoms with van der Waals surface area (Å²) in [6.07, 6.45) is 6.09. The zero-order valence-electron chi connectivity index (χ0n) is 22.1. The van der Waals surface area contributed by atoms with Crippen molar-refractivity contribution in [2.45, 2.75) is 72.4 Å². The van der Waals surface area contributed by atoms with E-state index in [2.05, 4.69) is 20.9 Å². The smallest absolute Gasteiger partial charge is 0.314 e. The number of hydrogen-bond acceptors (Lipinski definition) is 6. The first-order chi connectivity index (χ1) is 16.5. The maximum atomic E-state index is 12.9. The molecular weight excluding hydrogens is 450 g/mol. The molecule has 0 saturated heterocycles. The Morgan fingerprint density at radius 1 is 0.886 bits per heavy atom. The van der Waals surface area contributed by atoms with Crippen LogP contribution in [0.4, 0.5) is 4.79 Å². The Morgan fingerprint density at radius 3 is 2.00 bits per heavy atom. The lowest BCUT2D eigenvalue weighted by Crippen LogP contribution is -2.53. The first-order valence-electron chi connectivity index (χ1n) is 12.5. The molecule has 0 fully saturated rings. The topological polar surface area (TPSA) is 128 Å². The average molecular weight is 494 g/mol. The SMILES string of the molecule is CC(=O)[C@@H](NC(=O)C(C(C)C)N(C)CCCCCCNC(=O)NCCN1C(=O)C=CC1=O)C(C)C. The largest absolute Gasteiger partial charge is 0.345 e. The fourth-order valence-electron chi connectivity index (χ4n) is 4.16. The van der Waals surface area contributed by atoms with Crippen LogP contribution in [0.25, 0.3) is 0 Å². The van der Waals surface area contributed by atoms with Crippen LogP contribution in [0.2, 0.25) is 0 Å². The van der Waals surface area contributed by atoms with E-state index in [0.29, 0.717) is 6.54 Å². The van der Waals surface area contributed by atoms with Gasteiger partial charge in [0.25, 0.3) is 11.8 Å². The van der Waals surface area contributed by atoms with Crippen molar-refractivity contribution in [3.8, 4) is 0 Å². The van der Waals surface area contributed by atoms with E-state index in [1.165, 1.54) is 19.1 Å². The molecule has 1 aliphatic heterocycles. The molecule has 35 heavy (non-hydrogen) atoms. The van der Waals surface area contributed by atoms with Gasteiger partial charge in [-0.2, -0.15) is 0 Å². The van der Waals surface area contributed by atoms with Crippen molar-refractivity contribution in [3.63, 3.8) is 0 Å². The van der Waals surface area contributed by atoms with E-state index < -0.39 is 6.04 Å². The molecule has 10 heteroatoms. The molecule has 1 rings (SSSR count). The van der Waals surface area contributed by atoms with Crippen molar-refractivity contribution in [1.29, 1.82) is 0 Å². The molecule has 0 bridgehead atoms. The van der Waals surface area contributed by atoms with Gasteiger partial charge in [0.15, 0.2) is 5.78 Å². The number of likely N-dealkylation sites (N-methyl/N-ethyl adjacent to an activating group) is 1. The van der Waals surface area contributed by atoms with Gasteiger partial charge in [0.2, 0.25) is 5.91 Å². The molecular formula is C25H43N5O5. The molecule has 198 valence electrons. The van der Waals surface area contributed by atoms with Gasteiger partial charge in [-0.05, 0) is 45.2 Å². The minimum absolute atomic E-state index is 0.0325. The van der Waals surface area contributed by atoms with Crippen molar-refractivity contribution in [3.05, 3.63) is 12.2 Å². The predicted molar refractivity (Wildman–Crippen MR) is 134 cm³/mol. The number of rotatable bonds is 16. The van der Waals surface area contributed by atoms with E-state index in [-0.39, 0.29) is 60.5 Å². The van der Waals surface area contributed by atoms with Crippen LogP contribution < -0.4 is 16.0 Å². The molecule has 10 nitrogen and oxygen atoms in total. The molecule has 0 saturated carbocycles. The van der Waals surface area contributed by atoms with Gasteiger partial charge < -0.3 is 16.0 Å². The Hall–Kier alpha value is -2.75. The summed E-state index contributed by atoms with van der Waals surface area (Å²) in [5.74, 6) is -0.712. The van der Waals surface area contributed by atoms with Gasteiger partial charge in [-0.3, -0.25) is 29.0 Å². The highest BCUT2D eigenvalue weighted by atomic mass is 16.2. The summed E-state index contributed by atoms with van der Waals surface area (Å²) < 4.78 is 0. The van der Waals surface area contributed by atoms with Crippen LogP contribution >= 0.6 is 0 Å². The van der Waals surface area contributed by atoms with Crippen LogP contribution in [0.5, 0.6) is 0 Å². The summed E-state index contributed by atoms with van der Waals surface area (Å²) in [5, 5.41) is 8.33. The number of carbonyl (C=O) groups is 5. The van der Waals surface area contributed by atoms with Gasteiger partial charge in [-0.1, -0.05) is 40.5 Å². The monoisotopic (exact) mass is 493 g/mol. The minimum Gasteiger partial charge on any atom is -0.345 e. The molecule has 0 aromatic heterocycles. The molecule has 1 heterocycles. The third kappa shape index (κ3) is 10.6. The Morgan fingerprint density at radius 2 is 1.46 bits per heavy atom.